The molecule has 0 spiro atoms. The Morgan fingerprint density at radius 2 is 1.53 bits per heavy atom. The van der Waals surface area contributed by atoms with Crippen molar-refractivity contribution in [3.63, 3.8) is 0 Å². The van der Waals surface area contributed by atoms with Crippen molar-refractivity contribution in [3.8, 4) is 6.07 Å². The number of rotatable bonds is 5. The lowest BCUT2D eigenvalue weighted by molar-refractivity contribution is -0.134. The Kier molecular flexibility index (Phi) is 6.00. The van der Waals surface area contributed by atoms with Gasteiger partial charge in [0.2, 0.25) is 5.91 Å². The first-order valence-corrected chi connectivity index (χ1v) is 5.56. The fraction of sp³-hybridized carbons (Fsp3) is 0.833. The molecule has 0 aromatic carbocycles. The van der Waals surface area contributed by atoms with Crippen LogP contribution in [-0.2, 0) is 4.79 Å². The molecule has 86 valence electrons. The van der Waals surface area contributed by atoms with Gasteiger partial charge >= 0.3 is 0 Å². The molecule has 0 aromatic heterocycles. The third kappa shape index (κ3) is 5.41. The van der Waals surface area contributed by atoms with E-state index < -0.39 is 5.92 Å². The summed E-state index contributed by atoms with van der Waals surface area (Å²) in [7, 11) is 0. The highest BCUT2D eigenvalue weighted by atomic mass is 16.2. The zero-order chi connectivity index (χ0) is 12.0. The summed E-state index contributed by atoms with van der Waals surface area (Å²) < 4.78 is 0. The molecule has 0 radical (unpaired) electrons. The number of amides is 1. The molecule has 0 saturated heterocycles. The minimum absolute atomic E-state index is 0.0418. The molecule has 1 unspecified atom stereocenters. The predicted octanol–water partition coefficient (Wildman–Crippen LogP) is 2.29. The second-order valence-corrected chi connectivity index (χ2v) is 4.88. The summed E-state index contributed by atoms with van der Waals surface area (Å²) in [6, 6.07) is 2.00. The molecule has 0 heterocycles. The van der Waals surface area contributed by atoms with Crippen LogP contribution in [0, 0.1) is 29.1 Å². The van der Waals surface area contributed by atoms with Crippen LogP contribution in [0.3, 0.4) is 0 Å². The standard InChI is InChI=1S/C12H22N2O/c1-9(2)7-14(8-10(3)4)12(15)11(5)6-13/h9-11H,7-8H2,1-5H3. The van der Waals surface area contributed by atoms with E-state index in [2.05, 4.69) is 27.7 Å². The van der Waals surface area contributed by atoms with Crippen molar-refractivity contribution >= 4 is 5.91 Å². The minimum Gasteiger partial charge on any atom is -0.341 e. The minimum atomic E-state index is -0.525. The Labute approximate surface area is 93.1 Å². The van der Waals surface area contributed by atoms with Crippen molar-refractivity contribution in [2.45, 2.75) is 34.6 Å². The second kappa shape index (κ2) is 6.44. The van der Waals surface area contributed by atoms with Crippen LogP contribution in [0.2, 0.25) is 0 Å². The second-order valence-electron chi connectivity index (χ2n) is 4.88. The van der Waals surface area contributed by atoms with Gasteiger partial charge in [-0.25, -0.2) is 0 Å². The van der Waals surface area contributed by atoms with Gasteiger partial charge in [0.1, 0.15) is 5.92 Å². The summed E-state index contributed by atoms with van der Waals surface area (Å²) >= 11 is 0. The maximum absolute atomic E-state index is 11.8. The van der Waals surface area contributed by atoms with Crippen molar-refractivity contribution in [3.05, 3.63) is 0 Å². The van der Waals surface area contributed by atoms with Crippen LogP contribution in [0.25, 0.3) is 0 Å². The normalized spacial score (nSPS) is 12.7. The quantitative estimate of drug-likeness (QED) is 0.698. The molecule has 0 bridgehead atoms. The molecule has 0 aromatic rings. The molecule has 0 aliphatic rings. The van der Waals surface area contributed by atoms with Crippen LogP contribution >= 0.6 is 0 Å². The van der Waals surface area contributed by atoms with Gasteiger partial charge in [-0.1, -0.05) is 27.7 Å². The molecule has 0 saturated carbocycles. The average Bonchev–Trinajstić information content (AvgIpc) is 2.13. The number of hydrogen-bond acceptors (Lipinski definition) is 2. The van der Waals surface area contributed by atoms with E-state index in [0.717, 1.165) is 13.1 Å². The van der Waals surface area contributed by atoms with Crippen molar-refractivity contribution in [2.75, 3.05) is 13.1 Å². The Morgan fingerprint density at radius 1 is 1.13 bits per heavy atom. The molecule has 0 N–H and O–H groups in total. The van der Waals surface area contributed by atoms with Gasteiger partial charge in [0.05, 0.1) is 6.07 Å². The Balaban J connectivity index is 4.49. The summed E-state index contributed by atoms with van der Waals surface area (Å²) in [6.07, 6.45) is 0. The van der Waals surface area contributed by atoms with Gasteiger partial charge in [-0.15, -0.1) is 0 Å². The van der Waals surface area contributed by atoms with Crippen molar-refractivity contribution in [1.82, 2.24) is 4.90 Å². The zero-order valence-electron chi connectivity index (χ0n) is 10.4. The number of nitrogens with zero attached hydrogens (tertiary/aromatic N) is 2. The van der Waals surface area contributed by atoms with E-state index in [9.17, 15) is 4.79 Å². The van der Waals surface area contributed by atoms with Crippen LogP contribution < -0.4 is 0 Å². The molecule has 0 aliphatic carbocycles. The lowest BCUT2D eigenvalue weighted by Crippen LogP contribution is -2.39. The van der Waals surface area contributed by atoms with Gasteiger partial charge in [0.25, 0.3) is 0 Å². The monoisotopic (exact) mass is 210 g/mol. The highest BCUT2D eigenvalue weighted by molar-refractivity contribution is 5.80. The van der Waals surface area contributed by atoms with E-state index in [1.54, 1.807) is 6.92 Å². The van der Waals surface area contributed by atoms with Crippen LogP contribution in [0.4, 0.5) is 0 Å². The Morgan fingerprint density at radius 3 is 1.80 bits per heavy atom. The highest BCUT2D eigenvalue weighted by Crippen LogP contribution is 2.08. The van der Waals surface area contributed by atoms with Crippen molar-refractivity contribution in [2.24, 2.45) is 17.8 Å². The van der Waals surface area contributed by atoms with Crippen molar-refractivity contribution in [1.29, 1.82) is 5.26 Å². The zero-order valence-corrected chi connectivity index (χ0v) is 10.4. The molecule has 0 rings (SSSR count). The predicted molar refractivity (Wildman–Crippen MR) is 61.0 cm³/mol. The van der Waals surface area contributed by atoms with Crippen LogP contribution in [0.1, 0.15) is 34.6 Å². The van der Waals surface area contributed by atoms with Gasteiger partial charge in [-0.2, -0.15) is 5.26 Å². The third-order valence-corrected chi connectivity index (χ3v) is 2.05. The SMILES string of the molecule is CC(C)CN(CC(C)C)C(=O)C(C)C#N. The van der Waals surface area contributed by atoms with E-state index in [1.165, 1.54) is 0 Å². The summed E-state index contributed by atoms with van der Waals surface area (Å²) in [5, 5.41) is 8.72. The Hall–Kier alpha value is -1.04. The summed E-state index contributed by atoms with van der Waals surface area (Å²) in [6.45, 7) is 11.5. The molecule has 3 heteroatoms. The highest BCUT2D eigenvalue weighted by Gasteiger charge is 2.21. The van der Waals surface area contributed by atoms with Gasteiger partial charge in [-0.3, -0.25) is 4.79 Å². The lowest BCUT2D eigenvalue weighted by atomic mass is 10.1. The maximum Gasteiger partial charge on any atom is 0.239 e. The molecule has 1 atom stereocenters. The van der Waals surface area contributed by atoms with Crippen LogP contribution in [0.5, 0.6) is 0 Å². The van der Waals surface area contributed by atoms with E-state index in [-0.39, 0.29) is 5.91 Å². The number of carbonyl (C=O) groups excluding carboxylic acids is 1. The Bertz CT molecular complexity index is 230. The van der Waals surface area contributed by atoms with E-state index in [1.807, 2.05) is 11.0 Å². The molecule has 15 heavy (non-hydrogen) atoms. The molecular formula is C12H22N2O. The van der Waals surface area contributed by atoms with Crippen molar-refractivity contribution < 1.29 is 4.79 Å². The lowest BCUT2D eigenvalue weighted by Gasteiger charge is -2.27. The first-order chi connectivity index (χ1) is 6.88. The van der Waals surface area contributed by atoms with E-state index >= 15 is 0 Å². The molecule has 0 aliphatic heterocycles. The maximum atomic E-state index is 11.8. The molecular weight excluding hydrogens is 188 g/mol. The van der Waals surface area contributed by atoms with Gasteiger partial charge in [-0.05, 0) is 18.8 Å². The van der Waals surface area contributed by atoms with Gasteiger partial charge < -0.3 is 4.90 Å². The largest absolute Gasteiger partial charge is 0.341 e. The van der Waals surface area contributed by atoms with Gasteiger partial charge in [0, 0.05) is 13.1 Å². The number of nitriles is 1. The fourth-order valence-electron chi connectivity index (χ4n) is 1.47. The summed E-state index contributed by atoms with van der Waals surface area (Å²) in [5.41, 5.74) is 0. The topological polar surface area (TPSA) is 44.1 Å². The van der Waals surface area contributed by atoms with E-state index in [4.69, 9.17) is 5.26 Å². The molecule has 0 fully saturated rings. The average molecular weight is 210 g/mol. The number of carbonyl (C=O) groups is 1. The van der Waals surface area contributed by atoms with Gasteiger partial charge in [0.15, 0.2) is 0 Å². The third-order valence-electron chi connectivity index (χ3n) is 2.05. The summed E-state index contributed by atoms with van der Waals surface area (Å²) in [4.78, 5) is 13.7. The summed E-state index contributed by atoms with van der Waals surface area (Å²) in [5.74, 6) is 0.319. The molecule has 1 amide bonds. The van der Waals surface area contributed by atoms with E-state index in [0.29, 0.717) is 11.8 Å². The van der Waals surface area contributed by atoms with Crippen LogP contribution in [-0.4, -0.2) is 23.9 Å². The van der Waals surface area contributed by atoms with Crippen LogP contribution in [0.15, 0.2) is 0 Å². The fourth-order valence-corrected chi connectivity index (χ4v) is 1.47. The number of hydrogen-bond donors (Lipinski definition) is 0. The first kappa shape index (κ1) is 14.0. The first-order valence-electron chi connectivity index (χ1n) is 5.56. The molecule has 3 nitrogen and oxygen atoms in total. The smallest absolute Gasteiger partial charge is 0.239 e.